The van der Waals surface area contributed by atoms with Gasteiger partial charge in [-0.05, 0) is 19.1 Å². The van der Waals surface area contributed by atoms with Crippen LogP contribution in [0.2, 0.25) is 0 Å². The average molecular weight is 149 g/mol. The minimum atomic E-state index is 0.819. The van der Waals surface area contributed by atoms with Gasteiger partial charge in [0.15, 0.2) is 0 Å². The molecule has 11 heavy (non-hydrogen) atoms. The maximum Gasteiger partial charge on any atom is 0.0374 e. The van der Waals surface area contributed by atoms with Gasteiger partial charge in [-0.1, -0.05) is 12.5 Å². The van der Waals surface area contributed by atoms with E-state index in [4.69, 9.17) is 0 Å². The SMILES string of the molecule is CC[N-]Cc1ccnc(C)c1. The lowest BCUT2D eigenvalue weighted by molar-refractivity contribution is 1.06. The molecule has 0 aliphatic heterocycles. The topological polar surface area (TPSA) is 27.0 Å². The van der Waals surface area contributed by atoms with E-state index in [1.807, 2.05) is 26.1 Å². The third-order valence-corrected chi connectivity index (χ3v) is 1.48. The van der Waals surface area contributed by atoms with Gasteiger partial charge < -0.3 is 5.32 Å². The Labute approximate surface area is 67.7 Å². The van der Waals surface area contributed by atoms with E-state index in [9.17, 15) is 0 Å². The van der Waals surface area contributed by atoms with Crippen LogP contribution in [-0.2, 0) is 6.54 Å². The van der Waals surface area contributed by atoms with Gasteiger partial charge in [-0.3, -0.25) is 4.98 Å². The van der Waals surface area contributed by atoms with Gasteiger partial charge in [0.1, 0.15) is 0 Å². The van der Waals surface area contributed by atoms with E-state index in [1.165, 1.54) is 5.56 Å². The molecule has 1 rings (SSSR count). The van der Waals surface area contributed by atoms with E-state index >= 15 is 0 Å². The molecule has 0 saturated carbocycles. The molecule has 0 spiro atoms. The van der Waals surface area contributed by atoms with Gasteiger partial charge in [-0.25, -0.2) is 0 Å². The number of nitrogens with zero attached hydrogens (tertiary/aromatic N) is 2. The summed E-state index contributed by atoms with van der Waals surface area (Å²) < 4.78 is 0. The summed E-state index contributed by atoms with van der Waals surface area (Å²) >= 11 is 0. The Kier molecular flexibility index (Phi) is 3.05. The second-order valence-electron chi connectivity index (χ2n) is 2.50. The summed E-state index contributed by atoms with van der Waals surface area (Å²) in [5.74, 6) is 0. The van der Waals surface area contributed by atoms with Crippen molar-refractivity contribution in [3.05, 3.63) is 34.9 Å². The van der Waals surface area contributed by atoms with E-state index in [0.717, 1.165) is 18.8 Å². The first-order valence-corrected chi connectivity index (χ1v) is 3.87. The number of rotatable bonds is 3. The Morgan fingerprint density at radius 2 is 2.36 bits per heavy atom. The van der Waals surface area contributed by atoms with Gasteiger partial charge in [0.25, 0.3) is 0 Å². The summed E-state index contributed by atoms with van der Waals surface area (Å²) in [5, 5.41) is 4.26. The van der Waals surface area contributed by atoms with Crippen molar-refractivity contribution in [3.63, 3.8) is 0 Å². The summed E-state index contributed by atoms with van der Waals surface area (Å²) in [5.41, 5.74) is 2.31. The third-order valence-electron chi connectivity index (χ3n) is 1.48. The zero-order valence-corrected chi connectivity index (χ0v) is 7.04. The number of aromatic nitrogens is 1. The van der Waals surface area contributed by atoms with Crippen LogP contribution in [0, 0.1) is 6.92 Å². The number of aryl methyl sites for hydroxylation is 1. The van der Waals surface area contributed by atoms with Crippen molar-refractivity contribution in [2.45, 2.75) is 20.4 Å². The van der Waals surface area contributed by atoms with Gasteiger partial charge in [-0.2, -0.15) is 6.54 Å². The molecule has 0 N–H and O–H groups in total. The highest BCUT2D eigenvalue weighted by atomic mass is 14.8. The minimum Gasteiger partial charge on any atom is -0.659 e. The van der Waals surface area contributed by atoms with Crippen molar-refractivity contribution in [2.24, 2.45) is 0 Å². The molecule has 0 atom stereocenters. The Balaban J connectivity index is 2.56. The average Bonchev–Trinajstić information content (AvgIpc) is 2.01. The Hall–Kier alpha value is -0.890. The Morgan fingerprint density at radius 3 is 3.00 bits per heavy atom. The number of hydrogen-bond acceptors (Lipinski definition) is 1. The summed E-state index contributed by atoms with van der Waals surface area (Å²) in [6, 6.07) is 4.07. The number of hydrogen-bond donors (Lipinski definition) is 0. The summed E-state index contributed by atoms with van der Waals surface area (Å²) in [6.07, 6.45) is 1.83. The Morgan fingerprint density at radius 1 is 1.55 bits per heavy atom. The molecular weight excluding hydrogens is 136 g/mol. The molecule has 0 saturated heterocycles. The van der Waals surface area contributed by atoms with Crippen molar-refractivity contribution in [1.29, 1.82) is 0 Å². The van der Waals surface area contributed by atoms with Gasteiger partial charge in [0, 0.05) is 11.9 Å². The molecule has 0 aliphatic rings. The monoisotopic (exact) mass is 149 g/mol. The largest absolute Gasteiger partial charge is 0.659 e. The molecular formula is C9H13N2-. The molecule has 1 heterocycles. The van der Waals surface area contributed by atoms with Gasteiger partial charge >= 0.3 is 0 Å². The van der Waals surface area contributed by atoms with Crippen LogP contribution < -0.4 is 0 Å². The molecule has 1 aromatic heterocycles. The predicted molar refractivity (Wildman–Crippen MR) is 46.6 cm³/mol. The van der Waals surface area contributed by atoms with Crippen molar-refractivity contribution in [1.82, 2.24) is 4.98 Å². The van der Waals surface area contributed by atoms with Crippen molar-refractivity contribution < 1.29 is 0 Å². The van der Waals surface area contributed by atoms with Crippen LogP contribution in [-0.4, -0.2) is 11.5 Å². The van der Waals surface area contributed by atoms with E-state index in [1.54, 1.807) is 0 Å². The third kappa shape index (κ3) is 2.68. The lowest BCUT2D eigenvalue weighted by atomic mass is 10.2. The second kappa shape index (κ2) is 4.09. The second-order valence-corrected chi connectivity index (χ2v) is 2.50. The van der Waals surface area contributed by atoms with Crippen LogP contribution in [0.1, 0.15) is 18.2 Å². The molecule has 2 nitrogen and oxygen atoms in total. The summed E-state index contributed by atoms with van der Waals surface area (Å²) in [4.78, 5) is 4.11. The molecule has 60 valence electrons. The smallest absolute Gasteiger partial charge is 0.0374 e. The van der Waals surface area contributed by atoms with Crippen LogP contribution >= 0.6 is 0 Å². The van der Waals surface area contributed by atoms with Crippen LogP contribution in [0.15, 0.2) is 18.3 Å². The lowest BCUT2D eigenvalue weighted by Crippen LogP contribution is -1.87. The molecule has 0 aromatic carbocycles. The fourth-order valence-electron chi connectivity index (χ4n) is 0.944. The maximum absolute atomic E-state index is 4.26. The van der Waals surface area contributed by atoms with Crippen LogP contribution in [0.3, 0.4) is 0 Å². The molecule has 0 radical (unpaired) electrons. The fourth-order valence-corrected chi connectivity index (χ4v) is 0.944. The molecule has 2 heteroatoms. The van der Waals surface area contributed by atoms with Crippen molar-refractivity contribution in [2.75, 3.05) is 6.54 Å². The predicted octanol–water partition coefficient (Wildman–Crippen LogP) is 2.28. The zero-order valence-electron chi connectivity index (χ0n) is 7.04. The number of pyridine rings is 1. The Bertz CT molecular complexity index is 221. The summed E-state index contributed by atoms with van der Waals surface area (Å²) in [7, 11) is 0. The van der Waals surface area contributed by atoms with E-state index in [2.05, 4.69) is 16.4 Å². The fraction of sp³-hybridized carbons (Fsp3) is 0.444. The van der Waals surface area contributed by atoms with Crippen LogP contribution in [0.5, 0.6) is 0 Å². The molecule has 0 unspecified atom stereocenters. The maximum atomic E-state index is 4.26. The highest BCUT2D eigenvalue weighted by molar-refractivity contribution is 5.17. The standard InChI is InChI=1S/C9H13N2/c1-3-10-7-9-4-5-11-8(2)6-9/h4-6H,3,7H2,1-2H3/q-1. The van der Waals surface area contributed by atoms with Crippen LogP contribution in [0.25, 0.3) is 5.32 Å². The normalized spacial score (nSPS) is 10.0. The molecule has 0 aliphatic carbocycles. The van der Waals surface area contributed by atoms with Crippen molar-refractivity contribution in [3.8, 4) is 0 Å². The quantitative estimate of drug-likeness (QED) is 0.647. The van der Waals surface area contributed by atoms with Crippen LogP contribution in [0.4, 0.5) is 0 Å². The van der Waals surface area contributed by atoms with E-state index in [-0.39, 0.29) is 0 Å². The first-order chi connectivity index (χ1) is 5.33. The zero-order chi connectivity index (χ0) is 8.10. The molecule has 0 fully saturated rings. The summed E-state index contributed by atoms with van der Waals surface area (Å²) in [6.45, 7) is 5.75. The van der Waals surface area contributed by atoms with E-state index in [0.29, 0.717) is 0 Å². The first-order valence-electron chi connectivity index (χ1n) is 3.87. The van der Waals surface area contributed by atoms with Gasteiger partial charge in [0.2, 0.25) is 0 Å². The van der Waals surface area contributed by atoms with Crippen molar-refractivity contribution >= 4 is 0 Å². The molecule has 1 aromatic rings. The minimum absolute atomic E-state index is 0.819. The highest BCUT2D eigenvalue weighted by Gasteiger charge is 1.85. The van der Waals surface area contributed by atoms with Gasteiger partial charge in [-0.15, -0.1) is 6.54 Å². The molecule has 0 amide bonds. The van der Waals surface area contributed by atoms with Gasteiger partial charge in [0.05, 0.1) is 0 Å². The first kappa shape index (κ1) is 8.21. The van der Waals surface area contributed by atoms with E-state index < -0.39 is 0 Å². The lowest BCUT2D eigenvalue weighted by Gasteiger charge is -2.15. The molecule has 0 bridgehead atoms. The highest BCUT2D eigenvalue weighted by Crippen LogP contribution is 2.04.